The molecule has 0 saturated carbocycles. The van der Waals surface area contributed by atoms with Gasteiger partial charge in [-0.25, -0.2) is 13.2 Å². The van der Waals surface area contributed by atoms with E-state index >= 15 is 0 Å². The van der Waals surface area contributed by atoms with E-state index in [2.05, 4.69) is 10.1 Å². The highest BCUT2D eigenvalue weighted by atomic mass is 32.2. The lowest BCUT2D eigenvalue weighted by atomic mass is 10.00. The number of benzene rings is 1. The maximum atomic E-state index is 13.2. The minimum Gasteiger partial charge on any atom is -0.305 e. The Kier molecular flexibility index (Phi) is 5.66. The van der Waals surface area contributed by atoms with Gasteiger partial charge in [-0.05, 0) is 36.6 Å². The van der Waals surface area contributed by atoms with Crippen molar-refractivity contribution in [1.29, 1.82) is 0 Å². The number of carbonyl (C=O) groups excluding carboxylic acids is 1. The van der Waals surface area contributed by atoms with Crippen LogP contribution in [0.1, 0.15) is 32.3 Å². The monoisotopic (exact) mass is 433 g/mol. The smallest absolute Gasteiger partial charge is 0.305 e. The number of H-pyrrole nitrogens is 1. The number of nitrogens with zero attached hydrogens (tertiary/aromatic N) is 4. The van der Waals surface area contributed by atoms with E-state index in [0.29, 0.717) is 17.5 Å². The molecule has 0 aliphatic carbocycles. The topological polar surface area (TPSA) is 127 Å². The zero-order valence-corrected chi connectivity index (χ0v) is 18.0. The lowest BCUT2D eigenvalue weighted by molar-refractivity contribution is -0.118. The van der Waals surface area contributed by atoms with E-state index in [-0.39, 0.29) is 21.7 Å². The summed E-state index contributed by atoms with van der Waals surface area (Å²) in [6, 6.07) is 5.06. The second-order valence-electron chi connectivity index (χ2n) is 6.95. The minimum atomic E-state index is -4.21. The summed E-state index contributed by atoms with van der Waals surface area (Å²) in [4.78, 5) is 40.9. The molecule has 0 atom stereocenters. The van der Waals surface area contributed by atoms with Crippen LogP contribution in [-0.2, 0) is 28.3 Å². The predicted molar refractivity (Wildman–Crippen MR) is 113 cm³/mol. The Hall–Kier alpha value is -3.21. The summed E-state index contributed by atoms with van der Waals surface area (Å²) in [5.74, 6) is -0.857. The van der Waals surface area contributed by atoms with Crippen molar-refractivity contribution in [2.75, 3.05) is 10.7 Å². The first-order chi connectivity index (χ1) is 14.1. The third-order valence-corrected chi connectivity index (χ3v) is 5.75. The molecule has 11 heteroatoms. The Morgan fingerprint density at radius 1 is 1.23 bits per heavy atom. The third-order valence-electron chi connectivity index (χ3n) is 4.75. The van der Waals surface area contributed by atoms with Gasteiger partial charge in [-0.1, -0.05) is 13.8 Å². The second-order valence-corrected chi connectivity index (χ2v) is 8.76. The normalized spacial score (nSPS) is 11.7. The number of hydrogen-bond donors (Lipinski definition) is 1. The maximum Gasteiger partial charge on any atom is 0.349 e. The van der Waals surface area contributed by atoms with Crippen molar-refractivity contribution in [1.82, 2.24) is 19.4 Å². The summed E-state index contributed by atoms with van der Waals surface area (Å²) < 4.78 is 26.8. The molecule has 1 N–H and O–H groups in total. The highest BCUT2D eigenvalue weighted by Crippen LogP contribution is 2.26. The fourth-order valence-electron chi connectivity index (χ4n) is 3.39. The summed E-state index contributed by atoms with van der Waals surface area (Å²) in [7, 11) is -2.45. The Balaban J connectivity index is 2.38. The fraction of sp³-hybridized carbons (Fsp3) is 0.368. The Morgan fingerprint density at radius 3 is 2.47 bits per heavy atom. The number of hydrogen-bond acceptors (Lipinski definition) is 6. The predicted octanol–water partition coefficient (Wildman–Crippen LogP) is 0.877. The number of carbonyl (C=O) groups is 1. The summed E-state index contributed by atoms with van der Waals surface area (Å²) >= 11 is 0. The van der Waals surface area contributed by atoms with Gasteiger partial charge >= 0.3 is 5.69 Å². The van der Waals surface area contributed by atoms with E-state index in [4.69, 9.17) is 0 Å². The van der Waals surface area contributed by atoms with E-state index in [9.17, 15) is 22.8 Å². The van der Waals surface area contributed by atoms with Crippen LogP contribution in [0.25, 0.3) is 22.2 Å². The molecule has 3 aromatic rings. The number of sulfonamides is 1. The molecule has 30 heavy (non-hydrogen) atoms. The molecule has 0 bridgehead atoms. The molecule has 1 aromatic carbocycles. The summed E-state index contributed by atoms with van der Waals surface area (Å²) in [6.45, 7) is 3.63. The largest absolute Gasteiger partial charge is 0.349 e. The summed E-state index contributed by atoms with van der Waals surface area (Å²) in [6.07, 6.45) is 3.25. The third kappa shape index (κ3) is 3.67. The number of aromatic nitrogens is 4. The quantitative estimate of drug-likeness (QED) is 0.615. The average molecular weight is 433 g/mol. The zero-order chi connectivity index (χ0) is 22.2. The van der Waals surface area contributed by atoms with Gasteiger partial charge < -0.3 is 4.98 Å². The lowest BCUT2D eigenvalue weighted by Crippen LogP contribution is -2.55. The number of nitrogens with one attached hydrogen (secondary N) is 1. The van der Waals surface area contributed by atoms with E-state index in [0.717, 1.165) is 23.1 Å². The van der Waals surface area contributed by atoms with Crippen LogP contribution in [-0.4, -0.2) is 40.0 Å². The van der Waals surface area contributed by atoms with Crippen LogP contribution in [0, 0.1) is 0 Å². The van der Waals surface area contributed by atoms with Crippen LogP contribution < -0.4 is 15.7 Å². The second kappa shape index (κ2) is 7.90. The standard InChI is InChI=1S/C19H23N5O5S/c1-5-7-17(25)24(30(4,28)29)23-18(26)14-11-13(16-8-9-20-22(16)3)12(6-2)10-15(14)21-19(23)27/h8-11H,5-7H2,1-4H3,(H,21,27). The summed E-state index contributed by atoms with van der Waals surface area (Å²) in [5, 5.41) is 4.23. The SMILES string of the molecule is CCCC(=O)N(n1c(=O)[nH]c2cc(CC)c(-c3ccnn3C)cc2c1=O)S(C)(=O)=O. The Labute approximate surface area is 172 Å². The number of fused-ring (bicyclic) bond motifs is 1. The first-order valence-corrected chi connectivity index (χ1v) is 11.3. The van der Waals surface area contributed by atoms with Gasteiger partial charge in [0.25, 0.3) is 21.5 Å². The van der Waals surface area contributed by atoms with Crippen LogP contribution >= 0.6 is 0 Å². The highest BCUT2D eigenvalue weighted by Gasteiger charge is 2.29. The van der Waals surface area contributed by atoms with Crippen LogP contribution in [0.15, 0.2) is 34.0 Å². The van der Waals surface area contributed by atoms with E-state index in [1.807, 2.05) is 6.92 Å². The lowest BCUT2D eigenvalue weighted by Gasteiger charge is -2.21. The Bertz CT molecular complexity index is 1350. The maximum absolute atomic E-state index is 13.2. The molecule has 160 valence electrons. The van der Waals surface area contributed by atoms with Crippen molar-refractivity contribution in [2.45, 2.75) is 33.1 Å². The van der Waals surface area contributed by atoms with Gasteiger partial charge in [0.2, 0.25) is 0 Å². The van der Waals surface area contributed by atoms with Gasteiger partial charge in [-0.15, -0.1) is 9.09 Å². The van der Waals surface area contributed by atoms with Gasteiger partial charge in [0.05, 0.1) is 22.9 Å². The molecule has 0 fully saturated rings. The first kappa shape index (κ1) is 21.5. The molecule has 0 unspecified atom stereocenters. The number of aryl methyl sites for hydroxylation is 2. The van der Waals surface area contributed by atoms with Crippen molar-refractivity contribution in [3.05, 3.63) is 50.8 Å². The summed E-state index contributed by atoms with van der Waals surface area (Å²) in [5.41, 5.74) is 0.730. The average Bonchev–Trinajstić information content (AvgIpc) is 3.09. The van der Waals surface area contributed by atoms with Crippen LogP contribution in [0.5, 0.6) is 0 Å². The number of rotatable bonds is 6. The molecular weight excluding hydrogens is 410 g/mol. The zero-order valence-electron chi connectivity index (χ0n) is 17.2. The van der Waals surface area contributed by atoms with E-state index < -0.39 is 27.2 Å². The molecule has 3 rings (SSSR count). The van der Waals surface area contributed by atoms with Gasteiger partial charge in [0.1, 0.15) is 0 Å². The van der Waals surface area contributed by atoms with Gasteiger partial charge in [0, 0.05) is 25.2 Å². The van der Waals surface area contributed by atoms with Crippen molar-refractivity contribution < 1.29 is 13.2 Å². The number of aromatic amines is 1. The molecule has 2 aromatic heterocycles. The van der Waals surface area contributed by atoms with Crippen LogP contribution in [0.2, 0.25) is 0 Å². The van der Waals surface area contributed by atoms with E-state index in [1.54, 1.807) is 43.0 Å². The fourth-order valence-corrected chi connectivity index (χ4v) is 4.29. The van der Waals surface area contributed by atoms with Gasteiger partial charge in [-0.2, -0.15) is 5.10 Å². The molecule has 0 spiro atoms. The number of amides is 1. The molecule has 0 aliphatic heterocycles. The van der Waals surface area contributed by atoms with Crippen LogP contribution in [0.3, 0.4) is 0 Å². The minimum absolute atomic E-state index is 0.0842. The van der Waals surface area contributed by atoms with Crippen molar-refractivity contribution in [3.63, 3.8) is 0 Å². The highest BCUT2D eigenvalue weighted by molar-refractivity contribution is 7.92. The Morgan fingerprint density at radius 2 is 1.93 bits per heavy atom. The molecule has 0 saturated heterocycles. The van der Waals surface area contributed by atoms with Crippen molar-refractivity contribution in [2.24, 2.45) is 7.05 Å². The molecule has 0 aliphatic rings. The van der Waals surface area contributed by atoms with Gasteiger partial charge in [0.15, 0.2) is 0 Å². The molecule has 0 radical (unpaired) electrons. The molecule has 10 nitrogen and oxygen atoms in total. The van der Waals surface area contributed by atoms with Gasteiger partial charge in [-0.3, -0.25) is 14.3 Å². The van der Waals surface area contributed by atoms with E-state index in [1.165, 1.54) is 0 Å². The first-order valence-electron chi connectivity index (χ1n) is 9.43. The van der Waals surface area contributed by atoms with Crippen LogP contribution in [0.4, 0.5) is 0 Å². The molecule has 1 amide bonds. The van der Waals surface area contributed by atoms with Crippen molar-refractivity contribution >= 4 is 26.8 Å². The van der Waals surface area contributed by atoms with Crippen molar-refractivity contribution in [3.8, 4) is 11.3 Å². The molecular formula is C19H23N5O5S. The molecule has 2 heterocycles.